The number of halogens is 3. The molecule has 0 aliphatic rings. The molecule has 0 fully saturated rings. The Kier molecular flexibility index (Phi) is 4.78. The van der Waals surface area contributed by atoms with Gasteiger partial charge in [0.1, 0.15) is 5.82 Å². The lowest BCUT2D eigenvalue weighted by molar-refractivity contribution is 0.322. The minimum Gasteiger partial charge on any atom is -0.297 e. The Morgan fingerprint density at radius 1 is 1.28 bits per heavy atom. The molecule has 1 aromatic carbocycles. The first-order chi connectivity index (χ1) is 8.54. The van der Waals surface area contributed by atoms with Gasteiger partial charge in [-0.05, 0) is 52.8 Å². The smallest absolute Gasteiger partial charge is 0.137 e. The van der Waals surface area contributed by atoms with Gasteiger partial charge in [0, 0.05) is 18.0 Å². The average molecular weight is 349 g/mol. The first kappa shape index (κ1) is 14.0. The van der Waals surface area contributed by atoms with Crippen molar-refractivity contribution in [3.8, 4) is 0 Å². The van der Waals surface area contributed by atoms with E-state index < -0.39 is 0 Å². The molecule has 0 atom stereocenters. The highest BCUT2D eigenvalue weighted by Crippen LogP contribution is 2.23. The third-order valence-corrected chi connectivity index (χ3v) is 4.31. The second-order valence-corrected chi connectivity index (χ2v) is 6.78. The summed E-state index contributed by atoms with van der Waals surface area (Å²) in [7, 11) is 2.03. The summed E-state index contributed by atoms with van der Waals surface area (Å²) in [6, 6.07) is 9.04. The van der Waals surface area contributed by atoms with Crippen LogP contribution in [0.3, 0.4) is 0 Å². The van der Waals surface area contributed by atoms with Crippen LogP contribution in [0.25, 0.3) is 0 Å². The van der Waals surface area contributed by atoms with Crippen LogP contribution in [0.1, 0.15) is 10.4 Å². The van der Waals surface area contributed by atoms with Gasteiger partial charge in [0.15, 0.2) is 0 Å². The summed E-state index contributed by atoms with van der Waals surface area (Å²) in [5, 5.41) is 0. The van der Waals surface area contributed by atoms with E-state index in [2.05, 4.69) is 20.8 Å². The molecule has 0 aliphatic heterocycles. The Hall–Kier alpha value is -0.420. The number of benzene rings is 1. The van der Waals surface area contributed by atoms with Gasteiger partial charge in [0.2, 0.25) is 0 Å². The SMILES string of the molecule is CN(Cc1ccc(F)c(Br)c1)Cc1ccc(Cl)s1. The highest BCUT2D eigenvalue weighted by molar-refractivity contribution is 9.10. The molecule has 0 bridgehead atoms. The molecule has 0 unspecified atom stereocenters. The lowest BCUT2D eigenvalue weighted by Gasteiger charge is -2.15. The van der Waals surface area contributed by atoms with Crippen molar-refractivity contribution in [1.29, 1.82) is 0 Å². The van der Waals surface area contributed by atoms with Gasteiger partial charge in [-0.3, -0.25) is 4.90 Å². The number of hydrogen-bond acceptors (Lipinski definition) is 2. The maximum atomic E-state index is 13.1. The first-order valence-electron chi connectivity index (χ1n) is 5.41. The Balaban J connectivity index is 1.98. The van der Waals surface area contributed by atoms with Crippen LogP contribution in [0.15, 0.2) is 34.8 Å². The fourth-order valence-electron chi connectivity index (χ4n) is 1.71. The van der Waals surface area contributed by atoms with Crippen LogP contribution in [0.4, 0.5) is 4.39 Å². The van der Waals surface area contributed by atoms with Gasteiger partial charge in [0.05, 0.1) is 8.81 Å². The molecule has 0 spiro atoms. The Bertz CT molecular complexity index is 544. The van der Waals surface area contributed by atoms with Gasteiger partial charge in [0.25, 0.3) is 0 Å². The van der Waals surface area contributed by atoms with E-state index in [9.17, 15) is 4.39 Å². The average Bonchev–Trinajstić information content (AvgIpc) is 2.69. The molecule has 18 heavy (non-hydrogen) atoms. The van der Waals surface area contributed by atoms with Gasteiger partial charge in [-0.25, -0.2) is 4.39 Å². The highest BCUT2D eigenvalue weighted by atomic mass is 79.9. The summed E-state index contributed by atoms with van der Waals surface area (Å²) < 4.78 is 14.4. The summed E-state index contributed by atoms with van der Waals surface area (Å²) in [6.07, 6.45) is 0. The van der Waals surface area contributed by atoms with Crippen molar-refractivity contribution in [3.63, 3.8) is 0 Å². The fourth-order valence-corrected chi connectivity index (χ4v) is 3.30. The molecular weight excluding hydrogens is 337 g/mol. The zero-order valence-electron chi connectivity index (χ0n) is 9.79. The first-order valence-corrected chi connectivity index (χ1v) is 7.40. The molecule has 0 saturated carbocycles. The maximum Gasteiger partial charge on any atom is 0.137 e. The lowest BCUT2D eigenvalue weighted by Crippen LogP contribution is -2.16. The molecule has 2 aromatic rings. The van der Waals surface area contributed by atoms with E-state index in [0.717, 1.165) is 23.0 Å². The highest BCUT2D eigenvalue weighted by Gasteiger charge is 2.06. The van der Waals surface area contributed by atoms with Gasteiger partial charge in [-0.1, -0.05) is 17.7 Å². The second kappa shape index (κ2) is 6.15. The van der Waals surface area contributed by atoms with E-state index >= 15 is 0 Å². The maximum absolute atomic E-state index is 13.1. The van der Waals surface area contributed by atoms with E-state index in [1.54, 1.807) is 17.4 Å². The van der Waals surface area contributed by atoms with E-state index in [0.29, 0.717) is 4.47 Å². The quantitative estimate of drug-likeness (QED) is 0.757. The molecule has 0 aliphatic carbocycles. The molecule has 2 rings (SSSR count). The number of nitrogens with zero attached hydrogens (tertiary/aromatic N) is 1. The van der Waals surface area contributed by atoms with E-state index in [1.807, 2.05) is 25.2 Å². The summed E-state index contributed by atoms with van der Waals surface area (Å²) in [6.45, 7) is 1.61. The largest absolute Gasteiger partial charge is 0.297 e. The normalized spacial score (nSPS) is 11.2. The van der Waals surface area contributed by atoms with E-state index in [4.69, 9.17) is 11.6 Å². The van der Waals surface area contributed by atoms with Crippen molar-refractivity contribution in [2.24, 2.45) is 0 Å². The number of thiophene rings is 1. The van der Waals surface area contributed by atoms with Crippen LogP contribution < -0.4 is 0 Å². The molecule has 1 aromatic heterocycles. The lowest BCUT2D eigenvalue weighted by atomic mass is 10.2. The molecule has 5 heteroatoms. The Morgan fingerprint density at radius 3 is 2.67 bits per heavy atom. The molecule has 1 heterocycles. The van der Waals surface area contributed by atoms with Gasteiger partial charge in [-0.2, -0.15) is 0 Å². The summed E-state index contributed by atoms with van der Waals surface area (Å²) in [5.41, 5.74) is 1.08. The molecule has 0 N–H and O–H groups in total. The van der Waals surface area contributed by atoms with Crippen LogP contribution in [0.5, 0.6) is 0 Å². The molecular formula is C13H12BrClFNS. The summed E-state index contributed by atoms with van der Waals surface area (Å²) in [5.74, 6) is -0.230. The molecule has 0 radical (unpaired) electrons. The third-order valence-electron chi connectivity index (χ3n) is 2.49. The van der Waals surface area contributed by atoms with Crippen LogP contribution in [0, 0.1) is 5.82 Å². The van der Waals surface area contributed by atoms with Crippen LogP contribution in [-0.2, 0) is 13.1 Å². The van der Waals surface area contributed by atoms with Crippen molar-refractivity contribution in [2.75, 3.05) is 7.05 Å². The van der Waals surface area contributed by atoms with Gasteiger partial charge >= 0.3 is 0 Å². The van der Waals surface area contributed by atoms with Crippen molar-refractivity contribution in [2.45, 2.75) is 13.1 Å². The Morgan fingerprint density at radius 2 is 2.06 bits per heavy atom. The predicted molar refractivity (Wildman–Crippen MR) is 78.6 cm³/mol. The van der Waals surface area contributed by atoms with Gasteiger partial charge < -0.3 is 0 Å². The van der Waals surface area contributed by atoms with Crippen molar-refractivity contribution in [3.05, 3.63) is 55.4 Å². The topological polar surface area (TPSA) is 3.24 Å². The molecule has 0 amide bonds. The fraction of sp³-hybridized carbons (Fsp3) is 0.231. The Labute approximate surface area is 123 Å². The molecule has 1 nitrogen and oxygen atoms in total. The van der Waals surface area contributed by atoms with Crippen molar-refractivity contribution >= 4 is 38.9 Å². The minimum absolute atomic E-state index is 0.230. The summed E-state index contributed by atoms with van der Waals surface area (Å²) in [4.78, 5) is 3.39. The predicted octanol–water partition coefficient (Wildman–Crippen LogP) is 4.94. The standard InChI is InChI=1S/C13H12BrClFNS/c1-17(8-10-3-5-13(15)18-10)7-9-2-4-12(16)11(14)6-9/h2-6H,7-8H2,1H3. The number of rotatable bonds is 4. The van der Waals surface area contributed by atoms with Crippen LogP contribution in [-0.4, -0.2) is 11.9 Å². The molecule has 0 saturated heterocycles. The number of hydrogen-bond donors (Lipinski definition) is 0. The van der Waals surface area contributed by atoms with Crippen molar-refractivity contribution < 1.29 is 4.39 Å². The second-order valence-electron chi connectivity index (χ2n) is 4.13. The van der Waals surface area contributed by atoms with Crippen LogP contribution in [0.2, 0.25) is 4.34 Å². The molecule has 96 valence electrons. The zero-order chi connectivity index (χ0) is 13.1. The zero-order valence-corrected chi connectivity index (χ0v) is 12.9. The van der Waals surface area contributed by atoms with Crippen LogP contribution >= 0.6 is 38.9 Å². The minimum atomic E-state index is -0.230. The summed E-state index contributed by atoms with van der Waals surface area (Å²) >= 11 is 10.7. The monoisotopic (exact) mass is 347 g/mol. The van der Waals surface area contributed by atoms with Gasteiger partial charge in [-0.15, -0.1) is 11.3 Å². The third kappa shape index (κ3) is 3.79. The van der Waals surface area contributed by atoms with E-state index in [1.165, 1.54) is 10.9 Å². The van der Waals surface area contributed by atoms with Crippen molar-refractivity contribution in [1.82, 2.24) is 4.90 Å². The van der Waals surface area contributed by atoms with E-state index in [-0.39, 0.29) is 5.82 Å².